The molecule has 2 aliphatic heterocycles. The summed E-state index contributed by atoms with van der Waals surface area (Å²) in [5.74, 6) is 1.51. The summed E-state index contributed by atoms with van der Waals surface area (Å²) in [5.41, 5.74) is 6.64. The highest BCUT2D eigenvalue weighted by Crippen LogP contribution is 2.41. The summed E-state index contributed by atoms with van der Waals surface area (Å²) in [4.78, 5) is 13.1. The van der Waals surface area contributed by atoms with Crippen LogP contribution in [0.3, 0.4) is 0 Å². The van der Waals surface area contributed by atoms with Crippen molar-refractivity contribution in [3.05, 3.63) is 70.0 Å². The number of hydrogen-bond donors (Lipinski definition) is 1. The average Bonchev–Trinajstić information content (AvgIpc) is 3.35. The first-order valence-corrected chi connectivity index (χ1v) is 9.84. The normalized spacial score (nSPS) is 17.0. The quantitative estimate of drug-likeness (QED) is 0.730. The van der Waals surface area contributed by atoms with Gasteiger partial charge in [-0.15, -0.1) is 0 Å². The molecule has 5 rings (SSSR count). The van der Waals surface area contributed by atoms with Gasteiger partial charge >= 0.3 is 0 Å². The van der Waals surface area contributed by atoms with Crippen LogP contribution in [0.25, 0.3) is 5.69 Å². The summed E-state index contributed by atoms with van der Waals surface area (Å²) < 4.78 is 12.8. The van der Waals surface area contributed by atoms with E-state index < -0.39 is 0 Å². The highest BCUT2D eigenvalue weighted by Gasteiger charge is 2.39. The first-order chi connectivity index (χ1) is 13.9. The Morgan fingerprint density at radius 2 is 1.79 bits per heavy atom. The third-order valence-corrected chi connectivity index (χ3v) is 5.46. The molecule has 0 fully saturated rings. The molecule has 0 radical (unpaired) electrons. The van der Waals surface area contributed by atoms with E-state index in [2.05, 4.69) is 51.2 Å². The van der Waals surface area contributed by atoms with Crippen molar-refractivity contribution >= 4 is 5.91 Å². The molecule has 6 heteroatoms. The zero-order valence-electron chi connectivity index (χ0n) is 16.9. The molecular formula is C23H23N3O3. The molecule has 1 aromatic heterocycles. The number of fused-ring (bicyclic) bond motifs is 2. The van der Waals surface area contributed by atoms with Crippen LogP contribution in [0.5, 0.6) is 11.5 Å². The van der Waals surface area contributed by atoms with Gasteiger partial charge in [-0.25, -0.2) is 4.68 Å². The molecule has 1 amide bonds. The zero-order valence-corrected chi connectivity index (χ0v) is 16.9. The van der Waals surface area contributed by atoms with E-state index in [1.807, 2.05) is 18.2 Å². The van der Waals surface area contributed by atoms with Crippen molar-refractivity contribution in [2.75, 3.05) is 6.79 Å². The number of hydrogen-bond acceptors (Lipinski definition) is 4. The third-order valence-electron chi connectivity index (χ3n) is 5.46. The summed E-state index contributed by atoms with van der Waals surface area (Å²) in [5, 5.41) is 8.03. The molecule has 0 saturated carbocycles. The maximum atomic E-state index is 13.1. The van der Waals surface area contributed by atoms with E-state index in [0.29, 0.717) is 11.4 Å². The Morgan fingerprint density at radius 3 is 2.52 bits per heavy atom. The molecule has 3 aromatic rings. The molecule has 3 heterocycles. The van der Waals surface area contributed by atoms with Crippen LogP contribution in [0.2, 0.25) is 0 Å². The SMILES string of the molecule is Cc1cc(C)cc(-n2nc(C(C)C)c3c2C(=O)NC3c2ccc3c(c2)OCO3)c1. The van der Waals surface area contributed by atoms with Crippen LogP contribution in [-0.4, -0.2) is 22.5 Å². The lowest BCUT2D eigenvalue weighted by Gasteiger charge is -2.15. The van der Waals surface area contributed by atoms with Crippen LogP contribution in [0.4, 0.5) is 0 Å². The minimum atomic E-state index is -0.260. The lowest BCUT2D eigenvalue weighted by Crippen LogP contribution is -2.23. The summed E-state index contributed by atoms with van der Waals surface area (Å²) >= 11 is 0. The van der Waals surface area contributed by atoms with Crippen LogP contribution < -0.4 is 14.8 Å². The van der Waals surface area contributed by atoms with Gasteiger partial charge in [0.1, 0.15) is 5.69 Å². The molecule has 1 unspecified atom stereocenters. The Balaban J connectivity index is 1.69. The predicted octanol–water partition coefficient (Wildman–Crippen LogP) is 4.17. The lowest BCUT2D eigenvalue weighted by atomic mass is 9.95. The van der Waals surface area contributed by atoms with Gasteiger partial charge in [0, 0.05) is 5.56 Å². The molecule has 0 bridgehead atoms. The monoisotopic (exact) mass is 389 g/mol. The van der Waals surface area contributed by atoms with E-state index in [-0.39, 0.29) is 24.7 Å². The smallest absolute Gasteiger partial charge is 0.271 e. The van der Waals surface area contributed by atoms with Gasteiger partial charge in [-0.1, -0.05) is 26.0 Å². The van der Waals surface area contributed by atoms with E-state index in [1.165, 1.54) is 0 Å². The fourth-order valence-corrected chi connectivity index (χ4v) is 4.25. The minimum absolute atomic E-state index is 0.110. The summed E-state index contributed by atoms with van der Waals surface area (Å²) in [7, 11) is 0. The zero-order chi connectivity index (χ0) is 20.3. The number of carbonyl (C=O) groups is 1. The number of aromatic nitrogens is 2. The highest BCUT2D eigenvalue weighted by molar-refractivity contribution is 5.99. The largest absolute Gasteiger partial charge is 0.454 e. The first kappa shape index (κ1) is 17.8. The van der Waals surface area contributed by atoms with Gasteiger partial charge in [0.2, 0.25) is 6.79 Å². The van der Waals surface area contributed by atoms with Crippen molar-refractivity contribution in [3.8, 4) is 17.2 Å². The van der Waals surface area contributed by atoms with E-state index in [1.54, 1.807) is 4.68 Å². The van der Waals surface area contributed by atoms with Gasteiger partial charge in [0.25, 0.3) is 5.91 Å². The van der Waals surface area contributed by atoms with E-state index in [0.717, 1.165) is 39.4 Å². The van der Waals surface area contributed by atoms with Crippen LogP contribution in [0.15, 0.2) is 36.4 Å². The summed E-state index contributed by atoms with van der Waals surface area (Å²) in [6.45, 7) is 8.54. The van der Waals surface area contributed by atoms with Crippen LogP contribution in [0, 0.1) is 13.8 Å². The number of aryl methyl sites for hydroxylation is 2. The van der Waals surface area contributed by atoms with Crippen LogP contribution >= 0.6 is 0 Å². The second-order valence-electron chi connectivity index (χ2n) is 8.08. The van der Waals surface area contributed by atoms with Gasteiger partial charge in [-0.2, -0.15) is 5.10 Å². The molecule has 0 spiro atoms. The lowest BCUT2D eigenvalue weighted by molar-refractivity contribution is 0.0953. The summed E-state index contributed by atoms with van der Waals surface area (Å²) in [6.07, 6.45) is 0. The number of ether oxygens (including phenoxy) is 2. The van der Waals surface area contributed by atoms with Crippen LogP contribution in [0.1, 0.15) is 64.2 Å². The topological polar surface area (TPSA) is 65.4 Å². The molecule has 2 aromatic carbocycles. The van der Waals surface area contributed by atoms with E-state index in [4.69, 9.17) is 14.6 Å². The van der Waals surface area contributed by atoms with Crippen LogP contribution in [-0.2, 0) is 0 Å². The van der Waals surface area contributed by atoms with Crippen molar-refractivity contribution < 1.29 is 14.3 Å². The number of benzene rings is 2. The fourth-order valence-electron chi connectivity index (χ4n) is 4.25. The Morgan fingerprint density at radius 1 is 1.07 bits per heavy atom. The van der Waals surface area contributed by atoms with Crippen molar-refractivity contribution in [2.24, 2.45) is 0 Å². The Kier molecular flexibility index (Phi) is 3.91. The van der Waals surface area contributed by atoms with E-state index >= 15 is 0 Å². The second-order valence-corrected chi connectivity index (χ2v) is 8.08. The van der Waals surface area contributed by atoms with Gasteiger partial charge < -0.3 is 14.8 Å². The fraction of sp³-hybridized carbons (Fsp3) is 0.304. The average molecular weight is 389 g/mol. The highest BCUT2D eigenvalue weighted by atomic mass is 16.7. The summed E-state index contributed by atoms with van der Waals surface area (Å²) in [6, 6.07) is 11.8. The Bertz CT molecular complexity index is 1130. The maximum absolute atomic E-state index is 13.1. The third kappa shape index (κ3) is 2.78. The first-order valence-electron chi connectivity index (χ1n) is 9.84. The predicted molar refractivity (Wildman–Crippen MR) is 109 cm³/mol. The van der Waals surface area contributed by atoms with Crippen molar-refractivity contribution in [1.29, 1.82) is 0 Å². The molecule has 29 heavy (non-hydrogen) atoms. The minimum Gasteiger partial charge on any atom is -0.454 e. The number of nitrogens with zero attached hydrogens (tertiary/aromatic N) is 2. The van der Waals surface area contributed by atoms with Gasteiger partial charge in [0.05, 0.1) is 17.4 Å². The standard InChI is InChI=1S/C23H23N3O3/c1-12(2)20-19-21(15-5-6-17-18(10-15)29-11-28-17)24-23(27)22(19)26(25-20)16-8-13(3)7-14(4)9-16/h5-10,12,21H,11H2,1-4H3,(H,24,27). The number of carbonyl (C=O) groups excluding carboxylic acids is 1. The second kappa shape index (κ2) is 6.37. The van der Waals surface area contributed by atoms with Gasteiger partial charge in [0.15, 0.2) is 11.5 Å². The van der Waals surface area contributed by atoms with Crippen molar-refractivity contribution in [2.45, 2.75) is 39.7 Å². The molecule has 1 N–H and O–H groups in total. The van der Waals surface area contributed by atoms with Crippen molar-refractivity contribution in [3.63, 3.8) is 0 Å². The maximum Gasteiger partial charge on any atom is 0.271 e. The molecular weight excluding hydrogens is 366 g/mol. The Labute approximate surface area is 169 Å². The van der Waals surface area contributed by atoms with Gasteiger partial charge in [-0.05, 0) is 60.7 Å². The molecule has 0 aliphatic carbocycles. The molecule has 148 valence electrons. The molecule has 2 aliphatic rings. The van der Waals surface area contributed by atoms with Gasteiger partial charge in [-0.3, -0.25) is 4.79 Å². The number of rotatable bonds is 3. The molecule has 6 nitrogen and oxygen atoms in total. The Hall–Kier alpha value is -3.28. The number of amides is 1. The van der Waals surface area contributed by atoms with E-state index in [9.17, 15) is 4.79 Å². The van der Waals surface area contributed by atoms with Crippen molar-refractivity contribution in [1.82, 2.24) is 15.1 Å². The number of nitrogens with one attached hydrogen (secondary N) is 1. The molecule has 1 atom stereocenters. The molecule has 0 saturated heterocycles.